The molecule has 4 nitrogen and oxygen atoms in total. The molecule has 1 amide bonds. The van der Waals surface area contributed by atoms with Crippen LogP contribution in [0.25, 0.3) is 0 Å². The Morgan fingerprint density at radius 2 is 1.84 bits per heavy atom. The van der Waals surface area contributed by atoms with Crippen molar-refractivity contribution in [3.05, 3.63) is 28.7 Å². The number of hydrogen-bond acceptors (Lipinski definition) is 3. The van der Waals surface area contributed by atoms with E-state index in [1.54, 1.807) is 12.1 Å². The van der Waals surface area contributed by atoms with Gasteiger partial charge in [0, 0.05) is 10.5 Å². The van der Waals surface area contributed by atoms with Crippen LogP contribution in [0.15, 0.2) is 33.6 Å². The molecule has 0 aliphatic heterocycles. The predicted molar refractivity (Wildman–Crippen MR) is 102 cm³/mol. The first-order valence-electron chi connectivity index (χ1n) is 8.94. The van der Waals surface area contributed by atoms with E-state index in [0.717, 1.165) is 16.8 Å². The molecule has 0 radical (unpaired) electrons. The number of nitrogens with one attached hydrogen (secondary N) is 1. The van der Waals surface area contributed by atoms with Gasteiger partial charge in [0.15, 0.2) is 9.84 Å². The molecular formula is C19H26BrNO3S. The van der Waals surface area contributed by atoms with Crippen LogP contribution in [0.5, 0.6) is 0 Å². The van der Waals surface area contributed by atoms with Gasteiger partial charge in [0.2, 0.25) is 5.91 Å². The lowest BCUT2D eigenvalue weighted by molar-refractivity contribution is -0.124. The van der Waals surface area contributed by atoms with Crippen molar-refractivity contribution < 1.29 is 13.2 Å². The summed E-state index contributed by atoms with van der Waals surface area (Å²) in [7, 11) is -3.77. The second-order valence-corrected chi connectivity index (χ2v) is 11.5. The van der Waals surface area contributed by atoms with Gasteiger partial charge in [-0.15, -0.1) is 0 Å². The Kier molecular flexibility index (Phi) is 5.06. The van der Waals surface area contributed by atoms with Crippen LogP contribution in [-0.2, 0) is 14.6 Å². The number of rotatable bonds is 5. The van der Waals surface area contributed by atoms with Crippen LogP contribution in [0.2, 0.25) is 0 Å². The molecule has 0 saturated heterocycles. The number of sulfone groups is 1. The van der Waals surface area contributed by atoms with Crippen molar-refractivity contribution in [2.45, 2.75) is 62.1 Å². The maximum absolute atomic E-state index is 13.0. The van der Waals surface area contributed by atoms with E-state index in [-0.39, 0.29) is 10.9 Å². The molecule has 0 aromatic heterocycles. The fourth-order valence-electron chi connectivity index (χ4n) is 4.42. The van der Waals surface area contributed by atoms with Gasteiger partial charge < -0.3 is 5.32 Å². The van der Waals surface area contributed by atoms with E-state index in [9.17, 15) is 13.2 Å². The summed E-state index contributed by atoms with van der Waals surface area (Å²) in [5.74, 6) is 1.56. The lowest BCUT2D eigenvalue weighted by Gasteiger charge is -2.32. The molecule has 2 bridgehead atoms. The van der Waals surface area contributed by atoms with Crippen molar-refractivity contribution in [2.75, 3.05) is 0 Å². The van der Waals surface area contributed by atoms with E-state index in [0.29, 0.717) is 11.8 Å². The first-order chi connectivity index (χ1) is 11.6. The van der Waals surface area contributed by atoms with Crippen LogP contribution in [0.4, 0.5) is 0 Å². The van der Waals surface area contributed by atoms with Gasteiger partial charge in [-0.2, -0.15) is 0 Å². The van der Waals surface area contributed by atoms with Crippen molar-refractivity contribution in [3.63, 3.8) is 0 Å². The van der Waals surface area contributed by atoms with Crippen LogP contribution in [0, 0.1) is 17.8 Å². The van der Waals surface area contributed by atoms with Gasteiger partial charge in [-0.25, -0.2) is 8.42 Å². The molecular weight excluding hydrogens is 402 g/mol. The molecule has 2 aliphatic carbocycles. The fraction of sp³-hybridized carbons (Fsp3) is 0.632. The van der Waals surface area contributed by atoms with E-state index in [4.69, 9.17) is 0 Å². The average molecular weight is 428 g/mol. The number of amides is 1. The quantitative estimate of drug-likeness (QED) is 0.773. The van der Waals surface area contributed by atoms with E-state index >= 15 is 0 Å². The SMILES string of the molecule is C[C@H](NC(=O)C(C)(C)S(=O)(=O)c1ccc(Br)cc1)[C@@H]1C[C@H]2CC[C@H]1C2. The largest absolute Gasteiger partial charge is 0.352 e. The highest BCUT2D eigenvalue weighted by molar-refractivity contribution is 9.10. The summed E-state index contributed by atoms with van der Waals surface area (Å²) in [6.07, 6.45) is 4.98. The predicted octanol–water partition coefficient (Wildman–Crippen LogP) is 3.94. The fourth-order valence-corrected chi connectivity index (χ4v) is 6.08. The van der Waals surface area contributed by atoms with E-state index in [2.05, 4.69) is 21.2 Å². The van der Waals surface area contributed by atoms with Gasteiger partial charge >= 0.3 is 0 Å². The van der Waals surface area contributed by atoms with Gasteiger partial charge in [0.25, 0.3) is 0 Å². The molecule has 1 aromatic carbocycles. The Labute approximate surface area is 158 Å². The van der Waals surface area contributed by atoms with Gasteiger partial charge in [-0.1, -0.05) is 22.4 Å². The second kappa shape index (κ2) is 6.69. The van der Waals surface area contributed by atoms with E-state index in [1.165, 1.54) is 45.2 Å². The summed E-state index contributed by atoms with van der Waals surface area (Å²) >= 11 is 3.30. The second-order valence-electron chi connectivity index (χ2n) is 8.07. The molecule has 2 saturated carbocycles. The lowest BCUT2D eigenvalue weighted by Crippen LogP contribution is -2.52. The standard InChI is InChI=1S/C19H26BrNO3S/c1-12(17-11-13-4-5-14(17)10-13)21-18(22)19(2,3)25(23,24)16-8-6-15(20)7-9-16/h6-9,12-14,17H,4-5,10-11H2,1-3H3,(H,21,22)/t12-,13-,14-,17-/m0/s1. The number of fused-ring (bicyclic) bond motifs is 2. The zero-order valence-electron chi connectivity index (χ0n) is 15.0. The first kappa shape index (κ1) is 18.9. The zero-order valence-corrected chi connectivity index (χ0v) is 17.4. The topological polar surface area (TPSA) is 63.2 Å². The minimum Gasteiger partial charge on any atom is -0.352 e. The molecule has 0 heterocycles. The van der Waals surface area contributed by atoms with E-state index < -0.39 is 20.5 Å². The summed E-state index contributed by atoms with van der Waals surface area (Å²) in [6.45, 7) is 5.01. The number of carbonyl (C=O) groups is 1. The number of halogens is 1. The smallest absolute Gasteiger partial charge is 0.241 e. The van der Waals surface area contributed by atoms with Crippen molar-refractivity contribution in [2.24, 2.45) is 17.8 Å². The highest BCUT2D eigenvalue weighted by Crippen LogP contribution is 2.49. The van der Waals surface area contributed by atoms with Crippen LogP contribution in [0.3, 0.4) is 0 Å². The Morgan fingerprint density at radius 3 is 2.36 bits per heavy atom. The number of benzene rings is 1. The first-order valence-corrected chi connectivity index (χ1v) is 11.2. The van der Waals surface area contributed by atoms with Crippen LogP contribution in [0.1, 0.15) is 46.5 Å². The van der Waals surface area contributed by atoms with Crippen molar-refractivity contribution in [1.29, 1.82) is 0 Å². The molecule has 6 heteroatoms. The van der Waals surface area contributed by atoms with Gasteiger partial charge in [0.05, 0.1) is 4.90 Å². The van der Waals surface area contributed by atoms with Crippen molar-refractivity contribution in [3.8, 4) is 0 Å². The van der Waals surface area contributed by atoms with Gasteiger partial charge in [-0.05, 0) is 82.1 Å². The Bertz CT molecular complexity index is 757. The minimum absolute atomic E-state index is 0.0159. The molecule has 2 aliphatic rings. The molecule has 1 aromatic rings. The molecule has 2 fully saturated rings. The molecule has 4 atom stereocenters. The molecule has 0 spiro atoms. The third-order valence-electron chi connectivity index (χ3n) is 6.14. The van der Waals surface area contributed by atoms with Crippen molar-refractivity contribution >= 4 is 31.7 Å². The lowest BCUT2D eigenvalue weighted by atomic mass is 9.84. The maximum Gasteiger partial charge on any atom is 0.241 e. The highest BCUT2D eigenvalue weighted by atomic mass is 79.9. The summed E-state index contributed by atoms with van der Waals surface area (Å²) in [6, 6.07) is 6.45. The number of carbonyl (C=O) groups excluding carboxylic acids is 1. The van der Waals surface area contributed by atoms with Crippen LogP contribution in [-0.4, -0.2) is 25.1 Å². The average Bonchev–Trinajstić information content (AvgIpc) is 3.18. The maximum atomic E-state index is 13.0. The summed E-state index contributed by atoms with van der Waals surface area (Å²) in [5.41, 5.74) is 0. The Balaban J connectivity index is 1.74. The third kappa shape index (κ3) is 3.39. The molecule has 3 rings (SSSR count). The Morgan fingerprint density at radius 1 is 1.20 bits per heavy atom. The monoisotopic (exact) mass is 427 g/mol. The summed E-state index contributed by atoms with van der Waals surface area (Å²) < 4.78 is 25.2. The van der Waals surface area contributed by atoms with Crippen LogP contribution >= 0.6 is 15.9 Å². The van der Waals surface area contributed by atoms with Crippen LogP contribution < -0.4 is 5.32 Å². The third-order valence-corrected chi connectivity index (χ3v) is 9.09. The molecule has 138 valence electrons. The zero-order chi connectivity index (χ0) is 18.4. The Hall–Kier alpha value is -0.880. The molecule has 0 unspecified atom stereocenters. The summed E-state index contributed by atoms with van der Waals surface area (Å²) in [5, 5.41) is 3.01. The van der Waals surface area contributed by atoms with Crippen molar-refractivity contribution in [1.82, 2.24) is 5.32 Å². The number of hydrogen-bond donors (Lipinski definition) is 1. The van der Waals surface area contributed by atoms with Gasteiger partial charge in [0.1, 0.15) is 4.75 Å². The highest BCUT2D eigenvalue weighted by Gasteiger charge is 2.46. The summed E-state index contributed by atoms with van der Waals surface area (Å²) in [4.78, 5) is 13.0. The van der Waals surface area contributed by atoms with Gasteiger partial charge in [-0.3, -0.25) is 4.79 Å². The van der Waals surface area contributed by atoms with E-state index in [1.807, 2.05) is 6.92 Å². The molecule has 25 heavy (non-hydrogen) atoms. The normalized spacial score (nSPS) is 27.3. The minimum atomic E-state index is -3.77. The molecule has 1 N–H and O–H groups in total.